The average molecular weight is 496 g/mol. The first-order valence-electron chi connectivity index (χ1n) is 9.46. The van der Waals surface area contributed by atoms with Gasteiger partial charge in [0.25, 0.3) is 5.91 Å². The molecule has 3 aromatic carbocycles. The summed E-state index contributed by atoms with van der Waals surface area (Å²) >= 11 is 2.17. The predicted molar refractivity (Wildman–Crippen MR) is 125 cm³/mol. The summed E-state index contributed by atoms with van der Waals surface area (Å²) < 4.78 is 0.914. The molecule has 0 aliphatic rings. The quantitative estimate of drug-likeness (QED) is 0.369. The number of benzene rings is 3. The number of carbonyl (C=O) groups excluding carboxylic acids is 1. The van der Waals surface area contributed by atoms with Gasteiger partial charge >= 0.3 is 0 Å². The number of aromatic nitrogens is 3. The van der Waals surface area contributed by atoms with Crippen LogP contribution in [0.4, 0.5) is 5.69 Å². The van der Waals surface area contributed by atoms with E-state index in [9.17, 15) is 4.79 Å². The van der Waals surface area contributed by atoms with Crippen LogP contribution in [0.2, 0.25) is 0 Å². The maximum absolute atomic E-state index is 12.7. The van der Waals surface area contributed by atoms with E-state index in [0.717, 1.165) is 31.5 Å². The Balaban J connectivity index is 1.65. The summed E-state index contributed by atoms with van der Waals surface area (Å²) in [5, 5.41) is 12.2. The van der Waals surface area contributed by atoms with Gasteiger partial charge in [-0.25, -0.2) is 0 Å². The number of aryl methyl sites for hydroxylation is 1. The Morgan fingerprint density at radius 2 is 1.66 bits per heavy atom. The standard InChI is InChI=1S/C23H21IN4O/c1-14(2)16-8-10-17(11-9-16)28-26-21-12-15(3)20(13-22(21)27-28)25-23(29)18-6-4-5-7-19(18)24/h4-14H,1-3H3,(H,25,29). The van der Waals surface area contributed by atoms with Crippen LogP contribution in [0.5, 0.6) is 0 Å². The molecule has 29 heavy (non-hydrogen) atoms. The van der Waals surface area contributed by atoms with E-state index in [-0.39, 0.29) is 5.91 Å². The van der Waals surface area contributed by atoms with Crippen molar-refractivity contribution in [2.45, 2.75) is 26.7 Å². The maximum Gasteiger partial charge on any atom is 0.256 e. The van der Waals surface area contributed by atoms with Crippen LogP contribution >= 0.6 is 22.6 Å². The fraction of sp³-hybridized carbons (Fsp3) is 0.174. The zero-order valence-corrected chi connectivity index (χ0v) is 18.6. The molecule has 0 radical (unpaired) electrons. The molecule has 1 N–H and O–H groups in total. The SMILES string of the molecule is Cc1cc2nn(-c3ccc(C(C)C)cc3)nc2cc1NC(=O)c1ccccc1I. The molecule has 4 rings (SSSR count). The minimum Gasteiger partial charge on any atom is -0.322 e. The topological polar surface area (TPSA) is 59.8 Å². The van der Waals surface area contributed by atoms with Crippen molar-refractivity contribution in [2.24, 2.45) is 0 Å². The zero-order valence-electron chi connectivity index (χ0n) is 16.5. The Morgan fingerprint density at radius 3 is 2.31 bits per heavy atom. The van der Waals surface area contributed by atoms with Crippen molar-refractivity contribution in [3.63, 3.8) is 0 Å². The molecule has 0 bridgehead atoms. The van der Waals surface area contributed by atoms with Crippen LogP contribution in [0, 0.1) is 10.5 Å². The monoisotopic (exact) mass is 496 g/mol. The van der Waals surface area contributed by atoms with E-state index < -0.39 is 0 Å². The number of fused-ring (bicyclic) bond motifs is 1. The molecule has 1 amide bonds. The predicted octanol–water partition coefficient (Wildman–Crippen LogP) is 5.71. The first kappa shape index (κ1) is 19.6. The second kappa shape index (κ2) is 7.94. The molecule has 0 aliphatic heterocycles. The van der Waals surface area contributed by atoms with Gasteiger partial charge in [0.2, 0.25) is 0 Å². The number of amides is 1. The van der Waals surface area contributed by atoms with Crippen molar-refractivity contribution in [3.8, 4) is 5.69 Å². The van der Waals surface area contributed by atoms with Crippen molar-refractivity contribution >= 4 is 45.2 Å². The molecule has 1 aromatic heterocycles. The second-order valence-corrected chi connectivity index (χ2v) is 8.49. The summed E-state index contributed by atoms with van der Waals surface area (Å²) in [6.45, 7) is 6.30. The lowest BCUT2D eigenvalue weighted by Gasteiger charge is -2.09. The molecule has 1 heterocycles. The molecule has 0 fully saturated rings. The summed E-state index contributed by atoms with van der Waals surface area (Å²) in [6.07, 6.45) is 0. The first-order valence-corrected chi connectivity index (χ1v) is 10.5. The highest BCUT2D eigenvalue weighted by Gasteiger charge is 2.13. The number of carbonyl (C=O) groups is 1. The normalized spacial score (nSPS) is 11.2. The van der Waals surface area contributed by atoms with Gasteiger partial charge in [-0.1, -0.05) is 38.1 Å². The fourth-order valence-electron chi connectivity index (χ4n) is 3.15. The molecular weight excluding hydrogens is 475 g/mol. The van der Waals surface area contributed by atoms with Crippen molar-refractivity contribution in [3.05, 3.63) is 80.9 Å². The van der Waals surface area contributed by atoms with E-state index in [0.29, 0.717) is 11.5 Å². The van der Waals surface area contributed by atoms with Gasteiger partial charge in [-0.2, -0.15) is 4.80 Å². The van der Waals surface area contributed by atoms with E-state index in [4.69, 9.17) is 0 Å². The third kappa shape index (κ3) is 4.03. The average Bonchev–Trinajstić information content (AvgIpc) is 3.11. The summed E-state index contributed by atoms with van der Waals surface area (Å²) in [5.41, 5.74) is 6.06. The molecule has 0 aliphatic carbocycles. The van der Waals surface area contributed by atoms with Gasteiger partial charge < -0.3 is 5.32 Å². The van der Waals surface area contributed by atoms with Crippen LogP contribution in [0.3, 0.4) is 0 Å². The fourth-order valence-corrected chi connectivity index (χ4v) is 3.78. The third-order valence-corrected chi connectivity index (χ3v) is 5.82. The number of halogens is 1. The number of hydrogen-bond acceptors (Lipinski definition) is 3. The number of nitrogens with one attached hydrogen (secondary N) is 1. The molecule has 146 valence electrons. The van der Waals surface area contributed by atoms with Gasteiger partial charge in [0.15, 0.2) is 0 Å². The molecule has 4 aromatic rings. The number of nitrogens with zero attached hydrogens (tertiary/aromatic N) is 3. The maximum atomic E-state index is 12.7. The lowest BCUT2D eigenvalue weighted by molar-refractivity contribution is 0.102. The van der Waals surface area contributed by atoms with Gasteiger partial charge in [0.1, 0.15) is 11.0 Å². The summed E-state index contributed by atoms with van der Waals surface area (Å²) in [4.78, 5) is 14.3. The molecule has 0 atom stereocenters. The lowest BCUT2D eigenvalue weighted by Crippen LogP contribution is -2.14. The Morgan fingerprint density at radius 1 is 1.00 bits per heavy atom. The summed E-state index contributed by atoms with van der Waals surface area (Å²) in [6, 6.07) is 19.6. The second-order valence-electron chi connectivity index (χ2n) is 7.33. The van der Waals surface area contributed by atoms with E-state index in [1.54, 1.807) is 4.80 Å². The van der Waals surface area contributed by atoms with Gasteiger partial charge in [-0.15, -0.1) is 10.2 Å². The van der Waals surface area contributed by atoms with Crippen LogP contribution in [0.25, 0.3) is 16.7 Å². The molecule has 0 saturated heterocycles. The van der Waals surface area contributed by atoms with E-state index in [1.807, 2.05) is 55.5 Å². The largest absolute Gasteiger partial charge is 0.322 e. The summed E-state index contributed by atoms with van der Waals surface area (Å²) in [5.74, 6) is 0.351. The molecular formula is C23H21IN4O. The minimum absolute atomic E-state index is 0.130. The van der Waals surface area contributed by atoms with Crippen LogP contribution in [0.15, 0.2) is 60.7 Å². The van der Waals surface area contributed by atoms with Crippen LogP contribution in [-0.2, 0) is 0 Å². The highest BCUT2D eigenvalue weighted by Crippen LogP contribution is 2.24. The van der Waals surface area contributed by atoms with E-state index in [2.05, 4.69) is 64.1 Å². The Labute approximate surface area is 183 Å². The number of hydrogen-bond donors (Lipinski definition) is 1. The van der Waals surface area contributed by atoms with Crippen LogP contribution in [-0.4, -0.2) is 20.9 Å². The van der Waals surface area contributed by atoms with Gasteiger partial charge in [0, 0.05) is 9.26 Å². The molecule has 6 heteroatoms. The number of anilines is 1. The highest BCUT2D eigenvalue weighted by atomic mass is 127. The van der Waals surface area contributed by atoms with Crippen LogP contribution in [0.1, 0.15) is 41.3 Å². The lowest BCUT2D eigenvalue weighted by atomic mass is 10.0. The third-order valence-electron chi connectivity index (χ3n) is 4.88. The zero-order chi connectivity index (χ0) is 20.5. The molecule has 0 spiro atoms. The summed E-state index contributed by atoms with van der Waals surface area (Å²) in [7, 11) is 0. The highest BCUT2D eigenvalue weighted by molar-refractivity contribution is 14.1. The molecule has 0 unspecified atom stereocenters. The van der Waals surface area contributed by atoms with Gasteiger partial charge in [-0.05, 0) is 83.0 Å². The van der Waals surface area contributed by atoms with E-state index in [1.165, 1.54) is 5.56 Å². The van der Waals surface area contributed by atoms with E-state index >= 15 is 0 Å². The van der Waals surface area contributed by atoms with Crippen molar-refractivity contribution in [2.75, 3.05) is 5.32 Å². The Hall–Kier alpha value is -2.74. The van der Waals surface area contributed by atoms with Crippen molar-refractivity contribution < 1.29 is 4.79 Å². The van der Waals surface area contributed by atoms with Crippen molar-refractivity contribution in [1.82, 2.24) is 15.0 Å². The van der Waals surface area contributed by atoms with Crippen LogP contribution < -0.4 is 5.32 Å². The van der Waals surface area contributed by atoms with Crippen molar-refractivity contribution in [1.29, 1.82) is 0 Å². The number of rotatable bonds is 4. The Bertz CT molecular complexity index is 1200. The smallest absolute Gasteiger partial charge is 0.256 e. The van der Waals surface area contributed by atoms with Gasteiger partial charge in [0.05, 0.1) is 11.3 Å². The first-order chi connectivity index (χ1) is 13.9. The van der Waals surface area contributed by atoms with Gasteiger partial charge in [-0.3, -0.25) is 4.79 Å². The minimum atomic E-state index is -0.130. The molecule has 5 nitrogen and oxygen atoms in total. The molecule has 0 saturated carbocycles. The Kier molecular flexibility index (Phi) is 5.36.